The number of nitrogens with zero attached hydrogens (tertiary/aromatic N) is 1. The number of nitrogens with one attached hydrogen (secondary N) is 2. The fourth-order valence-corrected chi connectivity index (χ4v) is 5.60. The molecule has 3 aromatic rings. The number of carbonyl (C=O) groups is 3. The lowest BCUT2D eigenvalue weighted by atomic mass is 9.85. The smallest absolute Gasteiger partial charge is 0.408 e. The number of ether oxygens (including phenoxy) is 3. The number of alkyl carbamates (subject to hydrolysis) is 1. The standard InChI is InChI=1S/C37H47N3O6/c1-26(38-36(43)45-25-28-17-11-7-12-18-28)34(41)46-33-31(37(2,3)4)23-30(44-5)24-32(33)39-35(42)40(29-19-13-8-14-20-29)22-21-27-15-9-6-10-16-27/h7-8,11-14,17-20,23-24,26-27H,6,9-10,15-16,21-22,25H2,1-5H3,(H,38,43)(H,39,42)/t26-/m0/s1. The molecule has 3 aromatic carbocycles. The van der Waals surface area contributed by atoms with E-state index in [1.54, 1.807) is 24.1 Å². The Balaban J connectivity index is 1.56. The van der Waals surface area contributed by atoms with E-state index >= 15 is 0 Å². The molecule has 1 saturated carbocycles. The van der Waals surface area contributed by atoms with Crippen LogP contribution in [0.15, 0.2) is 72.8 Å². The second-order valence-corrected chi connectivity index (χ2v) is 12.9. The number of hydrogen-bond donors (Lipinski definition) is 2. The van der Waals surface area contributed by atoms with E-state index in [4.69, 9.17) is 14.2 Å². The monoisotopic (exact) mass is 629 g/mol. The molecular formula is C37H47N3O6. The molecule has 9 heteroatoms. The van der Waals surface area contributed by atoms with Crippen LogP contribution in [-0.4, -0.2) is 37.8 Å². The third-order valence-electron chi connectivity index (χ3n) is 8.25. The molecule has 3 amide bonds. The maximum Gasteiger partial charge on any atom is 0.408 e. The molecule has 0 heterocycles. The lowest BCUT2D eigenvalue weighted by molar-refractivity contribution is -0.136. The minimum Gasteiger partial charge on any atom is -0.497 e. The highest BCUT2D eigenvalue weighted by atomic mass is 16.6. The first-order valence-electron chi connectivity index (χ1n) is 16.1. The van der Waals surface area contributed by atoms with E-state index in [2.05, 4.69) is 10.6 Å². The first kappa shape index (κ1) is 34.3. The number of carbonyl (C=O) groups excluding carboxylic acids is 3. The molecule has 1 atom stereocenters. The average molecular weight is 630 g/mol. The van der Waals surface area contributed by atoms with E-state index in [9.17, 15) is 14.4 Å². The number of rotatable bonds is 11. The second-order valence-electron chi connectivity index (χ2n) is 12.9. The van der Waals surface area contributed by atoms with Gasteiger partial charge in [0, 0.05) is 23.9 Å². The number of anilines is 2. The zero-order valence-corrected chi connectivity index (χ0v) is 27.6. The van der Waals surface area contributed by atoms with Crippen LogP contribution in [0.3, 0.4) is 0 Å². The van der Waals surface area contributed by atoms with Crippen molar-refractivity contribution in [2.45, 2.75) is 84.3 Å². The van der Waals surface area contributed by atoms with Crippen LogP contribution in [0.4, 0.5) is 21.0 Å². The van der Waals surface area contributed by atoms with Gasteiger partial charge in [0.15, 0.2) is 5.75 Å². The van der Waals surface area contributed by atoms with Crippen LogP contribution in [0, 0.1) is 5.92 Å². The van der Waals surface area contributed by atoms with Gasteiger partial charge in [0.1, 0.15) is 18.4 Å². The molecule has 1 aliphatic rings. The summed E-state index contributed by atoms with van der Waals surface area (Å²) in [6.07, 6.45) is 6.25. The second kappa shape index (κ2) is 16.2. The van der Waals surface area contributed by atoms with Crippen molar-refractivity contribution in [3.05, 3.63) is 83.9 Å². The molecule has 1 aliphatic carbocycles. The summed E-state index contributed by atoms with van der Waals surface area (Å²) >= 11 is 0. The molecule has 0 aromatic heterocycles. The molecule has 0 saturated heterocycles. The van der Waals surface area contributed by atoms with E-state index in [0.717, 1.165) is 17.7 Å². The summed E-state index contributed by atoms with van der Waals surface area (Å²) in [5.74, 6) is 0.574. The quantitative estimate of drug-likeness (QED) is 0.164. The molecule has 1 fully saturated rings. The highest BCUT2D eigenvalue weighted by Gasteiger charge is 2.29. The molecule has 0 bridgehead atoms. The van der Waals surface area contributed by atoms with Gasteiger partial charge in [-0.05, 0) is 48.4 Å². The maximum absolute atomic E-state index is 14.0. The molecule has 4 rings (SSSR count). The lowest BCUT2D eigenvalue weighted by Gasteiger charge is -2.29. The fraction of sp³-hybridized carbons (Fsp3) is 0.432. The van der Waals surface area contributed by atoms with Gasteiger partial charge in [0.2, 0.25) is 0 Å². The molecule has 0 unspecified atom stereocenters. The fourth-order valence-electron chi connectivity index (χ4n) is 5.60. The molecule has 9 nitrogen and oxygen atoms in total. The number of para-hydroxylation sites is 1. The highest BCUT2D eigenvalue weighted by molar-refractivity contribution is 6.03. The number of methoxy groups -OCH3 is 1. The summed E-state index contributed by atoms with van der Waals surface area (Å²) in [6.45, 7) is 8.08. The summed E-state index contributed by atoms with van der Waals surface area (Å²) in [4.78, 5) is 41.6. The van der Waals surface area contributed by atoms with Gasteiger partial charge in [-0.1, -0.05) is 101 Å². The van der Waals surface area contributed by atoms with Gasteiger partial charge >= 0.3 is 18.1 Å². The van der Waals surface area contributed by atoms with Crippen molar-refractivity contribution in [2.75, 3.05) is 23.9 Å². The van der Waals surface area contributed by atoms with Crippen LogP contribution >= 0.6 is 0 Å². The third kappa shape index (κ3) is 9.73. The Morgan fingerprint density at radius 1 is 0.935 bits per heavy atom. The van der Waals surface area contributed by atoms with E-state index < -0.39 is 23.5 Å². The van der Waals surface area contributed by atoms with Gasteiger partial charge in [-0.15, -0.1) is 0 Å². The summed E-state index contributed by atoms with van der Waals surface area (Å²) in [5, 5.41) is 5.57. The number of benzene rings is 3. The number of urea groups is 1. The van der Waals surface area contributed by atoms with Gasteiger partial charge in [0.25, 0.3) is 0 Å². The van der Waals surface area contributed by atoms with Crippen LogP contribution in [0.2, 0.25) is 0 Å². The van der Waals surface area contributed by atoms with Gasteiger partial charge in [-0.2, -0.15) is 0 Å². The van der Waals surface area contributed by atoms with Crippen LogP contribution in [0.25, 0.3) is 0 Å². The van der Waals surface area contributed by atoms with Crippen molar-refractivity contribution >= 4 is 29.5 Å². The van der Waals surface area contributed by atoms with Crippen molar-refractivity contribution in [3.8, 4) is 11.5 Å². The Kier molecular flexibility index (Phi) is 12.1. The highest BCUT2D eigenvalue weighted by Crippen LogP contribution is 2.41. The van der Waals surface area contributed by atoms with Gasteiger partial charge in [0.05, 0.1) is 12.8 Å². The van der Waals surface area contributed by atoms with Gasteiger partial charge in [-0.3, -0.25) is 4.90 Å². The lowest BCUT2D eigenvalue weighted by Crippen LogP contribution is -2.41. The Morgan fingerprint density at radius 3 is 2.22 bits per heavy atom. The zero-order valence-electron chi connectivity index (χ0n) is 27.6. The molecule has 0 aliphatic heterocycles. The normalized spacial score (nSPS) is 14.1. The average Bonchev–Trinajstić information content (AvgIpc) is 3.05. The molecule has 46 heavy (non-hydrogen) atoms. The van der Waals surface area contributed by atoms with E-state index in [1.807, 2.05) is 81.4 Å². The molecular weight excluding hydrogens is 582 g/mol. The maximum atomic E-state index is 14.0. The molecule has 0 spiro atoms. The summed E-state index contributed by atoms with van der Waals surface area (Å²) in [6, 6.07) is 20.9. The van der Waals surface area contributed by atoms with Crippen LogP contribution in [0.5, 0.6) is 11.5 Å². The van der Waals surface area contributed by atoms with E-state index in [-0.39, 0.29) is 18.4 Å². The Labute approximate surface area is 272 Å². The molecule has 0 radical (unpaired) electrons. The van der Waals surface area contributed by atoms with Gasteiger partial charge < -0.3 is 24.8 Å². The van der Waals surface area contributed by atoms with Crippen LogP contribution in [0.1, 0.15) is 77.3 Å². The Bertz CT molecular complexity index is 1450. The Morgan fingerprint density at radius 2 is 1.59 bits per heavy atom. The largest absolute Gasteiger partial charge is 0.497 e. The first-order chi connectivity index (χ1) is 22.0. The van der Waals surface area contributed by atoms with Crippen molar-refractivity contribution in [1.29, 1.82) is 0 Å². The van der Waals surface area contributed by atoms with Crippen LogP contribution in [-0.2, 0) is 21.6 Å². The zero-order chi connectivity index (χ0) is 33.1. The van der Waals surface area contributed by atoms with E-state index in [1.165, 1.54) is 39.0 Å². The van der Waals surface area contributed by atoms with Crippen molar-refractivity contribution in [1.82, 2.24) is 5.32 Å². The summed E-state index contributed by atoms with van der Waals surface area (Å²) in [5.41, 5.74) is 2.06. The minimum absolute atomic E-state index is 0.0654. The number of esters is 1. The SMILES string of the molecule is COc1cc(NC(=O)N(CCC2CCCCC2)c2ccccc2)c(OC(=O)[C@H](C)NC(=O)OCc2ccccc2)c(C(C)(C)C)c1. The third-order valence-corrected chi connectivity index (χ3v) is 8.25. The van der Waals surface area contributed by atoms with E-state index in [0.29, 0.717) is 29.5 Å². The molecule has 2 N–H and O–H groups in total. The van der Waals surface area contributed by atoms with Crippen molar-refractivity contribution in [2.24, 2.45) is 5.92 Å². The topological polar surface area (TPSA) is 106 Å². The van der Waals surface area contributed by atoms with Crippen molar-refractivity contribution < 1.29 is 28.6 Å². The Hall–Kier alpha value is -4.53. The predicted octanol–water partition coefficient (Wildman–Crippen LogP) is 8.22. The number of amides is 3. The molecule has 246 valence electrons. The van der Waals surface area contributed by atoms with Gasteiger partial charge in [-0.25, -0.2) is 14.4 Å². The van der Waals surface area contributed by atoms with Crippen molar-refractivity contribution in [3.63, 3.8) is 0 Å². The number of hydrogen-bond acceptors (Lipinski definition) is 6. The first-order valence-corrected chi connectivity index (χ1v) is 16.1. The van der Waals surface area contributed by atoms with Crippen LogP contribution < -0.4 is 25.0 Å². The minimum atomic E-state index is -1.03. The summed E-state index contributed by atoms with van der Waals surface area (Å²) < 4.78 is 16.8. The summed E-state index contributed by atoms with van der Waals surface area (Å²) in [7, 11) is 1.55. The predicted molar refractivity (Wildman–Crippen MR) is 181 cm³/mol.